The lowest BCUT2D eigenvalue weighted by Gasteiger charge is -2.23. The molecule has 0 saturated heterocycles. The highest BCUT2D eigenvalue weighted by atomic mass is 127. The van der Waals surface area contributed by atoms with E-state index in [2.05, 4.69) is 22.6 Å². The Bertz CT molecular complexity index is 233. The highest BCUT2D eigenvalue weighted by molar-refractivity contribution is 14.1. The zero-order chi connectivity index (χ0) is 8.55. The topological polar surface area (TPSA) is 35.2 Å². The van der Waals surface area contributed by atoms with Crippen LogP contribution in [0.1, 0.15) is 12.8 Å². The fraction of sp³-hybridized carbons (Fsp3) is 0.556. The van der Waals surface area contributed by atoms with Gasteiger partial charge in [-0.2, -0.15) is 0 Å². The highest BCUT2D eigenvalue weighted by Gasteiger charge is 2.29. The molecule has 2 aliphatic carbocycles. The first-order valence-corrected chi connectivity index (χ1v) is 5.30. The van der Waals surface area contributed by atoms with Crippen molar-refractivity contribution in [2.45, 2.75) is 31.1 Å². The minimum Gasteiger partial charge on any atom is -0.369 e. The molecule has 0 radical (unpaired) electrons. The first-order chi connectivity index (χ1) is 5.77. The second kappa shape index (κ2) is 3.47. The Labute approximate surface area is 86.0 Å². The van der Waals surface area contributed by atoms with E-state index < -0.39 is 0 Å². The van der Waals surface area contributed by atoms with Gasteiger partial charge < -0.3 is 10.5 Å². The van der Waals surface area contributed by atoms with E-state index >= 15 is 0 Å². The summed E-state index contributed by atoms with van der Waals surface area (Å²) >= 11 is 2.27. The van der Waals surface area contributed by atoms with Gasteiger partial charge in [-0.25, -0.2) is 0 Å². The summed E-state index contributed by atoms with van der Waals surface area (Å²) in [5.74, 6) is 0. The maximum Gasteiger partial charge on any atom is 0.0959 e. The van der Waals surface area contributed by atoms with E-state index in [-0.39, 0.29) is 12.1 Å². The van der Waals surface area contributed by atoms with Crippen LogP contribution >= 0.6 is 22.6 Å². The van der Waals surface area contributed by atoms with Gasteiger partial charge in [0.1, 0.15) is 0 Å². The Kier molecular flexibility index (Phi) is 2.52. The summed E-state index contributed by atoms with van der Waals surface area (Å²) in [7, 11) is 0. The molecule has 1 saturated carbocycles. The van der Waals surface area contributed by atoms with Gasteiger partial charge in [0, 0.05) is 3.58 Å². The van der Waals surface area contributed by atoms with Crippen LogP contribution in [-0.2, 0) is 4.74 Å². The molecule has 0 aromatic rings. The molecule has 2 N–H and O–H groups in total. The quantitative estimate of drug-likeness (QED) is 0.780. The summed E-state index contributed by atoms with van der Waals surface area (Å²) in [6, 6.07) is 0.0520. The fourth-order valence-electron chi connectivity index (χ4n) is 1.20. The number of halogens is 1. The summed E-state index contributed by atoms with van der Waals surface area (Å²) in [5.41, 5.74) is 5.95. The monoisotopic (exact) mass is 277 g/mol. The van der Waals surface area contributed by atoms with Crippen molar-refractivity contribution in [3.63, 3.8) is 0 Å². The molecular formula is C9H12INO. The second-order valence-corrected chi connectivity index (χ2v) is 4.51. The zero-order valence-electron chi connectivity index (χ0n) is 6.74. The zero-order valence-corrected chi connectivity index (χ0v) is 8.90. The van der Waals surface area contributed by atoms with E-state index in [1.807, 2.05) is 18.2 Å². The molecular weight excluding hydrogens is 265 g/mol. The minimum absolute atomic E-state index is 0.0520. The maximum atomic E-state index is 5.95. The third-order valence-electron chi connectivity index (χ3n) is 2.10. The van der Waals surface area contributed by atoms with Crippen LogP contribution in [0.5, 0.6) is 0 Å². The van der Waals surface area contributed by atoms with E-state index in [1.165, 1.54) is 16.4 Å². The molecule has 0 aromatic carbocycles. The molecule has 0 amide bonds. The fourth-order valence-corrected chi connectivity index (χ4v) is 1.76. The highest BCUT2D eigenvalue weighted by Crippen LogP contribution is 2.29. The number of nitrogens with two attached hydrogens (primary N) is 1. The van der Waals surface area contributed by atoms with Crippen LogP contribution in [0.15, 0.2) is 21.8 Å². The summed E-state index contributed by atoms with van der Waals surface area (Å²) < 4.78 is 6.91. The van der Waals surface area contributed by atoms with Crippen LogP contribution in [0.25, 0.3) is 0 Å². The average Bonchev–Trinajstić information content (AvgIpc) is 2.83. The molecule has 0 aromatic heterocycles. The van der Waals surface area contributed by atoms with Crippen molar-refractivity contribution >= 4 is 22.6 Å². The van der Waals surface area contributed by atoms with Crippen LogP contribution < -0.4 is 5.73 Å². The van der Waals surface area contributed by atoms with Gasteiger partial charge in [0.2, 0.25) is 0 Å². The molecule has 2 rings (SSSR count). The Balaban J connectivity index is 1.97. The van der Waals surface area contributed by atoms with Gasteiger partial charge in [-0.05, 0) is 35.4 Å². The number of rotatable bonds is 2. The summed E-state index contributed by atoms with van der Waals surface area (Å²) in [6.45, 7) is 0. The van der Waals surface area contributed by atoms with E-state index in [1.54, 1.807) is 0 Å². The molecule has 1 fully saturated rings. The molecule has 12 heavy (non-hydrogen) atoms. The SMILES string of the molecule is NC1C(I)=CC=CC1OC1CC1. The minimum atomic E-state index is 0.0520. The van der Waals surface area contributed by atoms with Gasteiger partial charge in [-0.15, -0.1) is 0 Å². The number of hydrogen-bond acceptors (Lipinski definition) is 2. The molecule has 2 nitrogen and oxygen atoms in total. The summed E-state index contributed by atoms with van der Waals surface area (Å²) in [5, 5.41) is 0. The normalized spacial score (nSPS) is 35.0. The van der Waals surface area contributed by atoms with Crippen LogP contribution in [-0.4, -0.2) is 18.2 Å². The van der Waals surface area contributed by atoms with Crippen molar-refractivity contribution in [3.8, 4) is 0 Å². The third-order valence-corrected chi connectivity index (χ3v) is 3.18. The van der Waals surface area contributed by atoms with Crippen LogP contribution in [0.2, 0.25) is 0 Å². The van der Waals surface area contributed by atoms with E-state index in [0.29, 0.717) is 6.10 Å². The molecule has 2 unspecified atom stereocenters. The number of ether oxygens (including phenoxy) is 1. The van der Waals surface area contributed by atoms with Crippen molar-refractivity contribution in [2.24, 2.45) is 5.73 Å². The molecule has 0 aliphatic heterocycles. The van der Waals surface area contributed by atoms with Gasteiger partial charge in [-0.1, -0.05) is 18.2 Å². The predicted molar refractivity (Wildman–Crippen MR) is 57.1 cm³/mol. The lowest BCUT2D eigenvalue weighted by molar-refractivity contribution is 0.0624. The van der Waals surface area contributed by atoms with Crippen LogP contribution in [0.3, 0.4) is 0 Å². The van der Waals surface area contributed by atoms with Crippen LogP contribution in [0.4, 0.5) is 0 Å². The van der Waals surface area contributed by atoms with E-state index in [4.69, 9.17) is 10.5 Å². The van der Waals surface area contributed by atoms with Crippen LogP contribution in [0, 0.1) is 0 Å². The second-order valence-electron chi connectivity index (χ2n) is 3.26. The number of hydrogen-bond donors (Lipinski definition) is 1. The molecule has 0 bridgehead atoms. The smallest absolute Gasteiger partial charge is 0.0959 e. The van der Waals surface area contributed by atoms with E-state index in [9.17, 15) is 0 Å². The molecule has 2 atom stereocenters. The first kappa shape index (κ1) is 8.72. The number of allylic oxidation sites excluding steroid dienone is 2. The lowest BCUT2D eigenvalue weighted by atomic mass is 10.1. The molecule has 2 aliphatic rings. The Morgan fingerprint density at radius 3 is 2.92 bits per heavy atom. The Morgan fingerprint density at radius 2 is 2.25 bits per heavy atom. The van der Waals surface area contributed by atoms with Crippen molar-refractivity contribution in [2.75, 3.05) is 0 Å². The standard InChI is InChI=1S/C9H12INO/c10-7-2-1-3-8(9(7)11)12-6-4-5-6/h1-3,6,8-9H,4-5,11H2. The van der Waals surface area contributed by atoms with Crippen molar-refractivity contribution in [1.29, 1.82) is 0 Å². The predicted octanol–water partition coefficient (Wildman–Crippen LogP) is 1.75. The lowest BCUT2D eigenvalue weighted by Crippen LogP contribution is -2.37. The van der Waals surface area contributed by atoms with Crippen molar-refractivity contribution in [3.05, 3.63) is 21.8 Å². The van der Waals surface area contributed by atoms with Gasteiger partial charge >= 0.3 is 0 Å². The van der Waals surface area contributed by atoms with Gasteiger partial charge in [0.25, 0.3) is 0 Å². The van der Waals surface area contributed by atoms with Crippen molar-refractivity contribution < 1.29 is 4.74 Å². The molecule has 0 heterocycles. The first-order valence-electron chi connectivity index (χ1n) is 4.22. The van der Waals surface area contributed by atoms with Crippen molar-refractivity contribution in [1.82, 2.24) is 0 Å². The van der Waals surface area contributed by atoms with Gasteiger partial charge in [-0.3, -0.25) is 0 Å². The Morgan fingerprint density at radius 1 is 1.50 bits per heavy atom. The average molecular weight is 277 g/mol. The van der Waals surface area contributed by atoms with E-state index in [0.717, 1.165) is 0 Å². The van der Waals surface area contributed by atoms with Gasteiger partial charge in [0.05, 0.1) is 18.2 Å². The summed E-state index contributed by atoms with van der Waals surface area (Å²) in [4.78, 5) is 0. The maximum absolute atomic E-state index is 5.95. The largest absolute Gasteiger partial charge is 0.369 e. The third kappa shape index (κ3) is 1.89. The molecule has 0 spiro atoms. The Hall–Kier alpha value is 0.130. The summed E-state index contributed by atoms with van der Waals surface area (Å²) in [6.07, 6.45) is 9.11. The molecule has 3 heteroatoms. The molecule has 66 valence electrons. The van der Waals surface area contributed by atoms with Gasteiger partial charge in [0.15, 0.2) is 0 Å².